The smallest absolute Gasteiger partial charge is 0.209 e. The van der Waals surface area contributed by atoms with E-state index in [2.05, 4.69) is 4.72 Å². The molecular formula is C9H15NO2S. The van der Waals surface area contributed by atoms with E-state index in [1.165, 1.54) is 5.56 Å². The lowest BCUT2D eigenvalue weighted by molar-refractivity contribution is 0.587. The first kappa shape index (κ1) is 10.2. The maximum Gasteiger partial charge on any atom is 0.209 e. The van der Waals surface area contributed by atoms with Gasteiger partial charge in [0.25, 0.3) is 0 Å². The molecule has 0 aliphatic carbocycles. The maximum absolute atomic E-state index is 10.8. The Morgan fingerprint density at radius 2 is 1.85 bits per heavy atom. The van der Waals surface area contributed by atoms with Crippen molar-refractivity contribution >= 4 is 10.0 Å². The molecule has 4 heteroatoms. The average molecular weight is 201 g/mol. The molecule has 1 N–H and O–H groups in total. The Kier molecular flexibility index (Phi) is 3.06. The molecule has 0 unspecified atom stereocenters. The van der Waals surface area contributed by atoms with E-state index in [4.69, 9.17) is 0 Å². The lowest BCUT2D eigenvalue weighted by Gasteiger charge is -2.02. The third-order valence-electron chi connectivity index (χ3n) is 1.66. The normalized spacial score (nSPS) is 11.5. The number of hydrogen-bond donors (Lipinski definition) is 1. The predicted octanol–water partition coefficient (Wildman–Crippen LogP) is 1.29. The van der Waals surface area contributed by atoms with E-state index in [0.29, 0.717) is 6.54 Å². The molecule has 0 aromatic heterocycles. The van der Waals surface area contributed by atoms with Crippen molar-refractivity contribution in [1.82, 2.24) is 4.72 Å². The van der Waals surface area contributed by atoms with Gasteiger partial charge in [-0.1, -0.05) is 29.8 Å². The molecule has 0 saturated heterocycles. The number of hydrogen-bond acceptors (Lipinski definition) is 2. The van der Waals surface area contributed by atoms with Gasteiger partial charge in [-0.3, -0.25) is 0 Å². The zero-order valence-electron chi connectivity index (χ0n) is 7.74. The summed E-state index contributed by atoms with van der Waals surface area (Å²) in [6.45, 7) is 2.35. The van der Waals surface area contributed by atoms with Gasteiger partial charge in [-0.2, -0.15) is 0 Å². The number of benzene rings is 1. The summed E-state index contributed by atoms with van der Waals surface area (Å²) in [5.74, 6) is 0. The van der Waals surface area contributed by atoms with Crippen LogP contribution >= 0.6 is 0 Å². The molecule has 0 radical (unpaired) electrons. The minimum Gasteiger partial charge on any atom is -0.213 e. The van der Waals surface area contributed by atoms with Crippen molar-refractivity contribution in [3.63, 3.8) is 0 Å². The second-order valence-electron chi connectivity index (χ2n) is 3.08. The molecule has 13 heavy (non-hydrogen) atoms. The van der Waals surface area contributed by atoms with Crippen LogP contribution in [0.15, 0.2) is 24.3 Å². The van der Waals surface area contributed by atoms with E-state index in [-0.39, 0.29) is 1.43 Å². The van der Waals surface area contributed by atoms with Gasteiger partial charge in [0, 0.05) is 7.97 Å². The summed E-state index contributed by atoms with van der Waals surface area (Å²) in [6, 6.07) is 7.74. The Morgan fingerprint density at radius 1 is 1.31 bits per heavy atom. The summed E-state index contributed by atoms with van der Waals surface area (Å²) in [7, 11) is -3.08. The molecule has 0 atom stereocenters. The van der Waals surface area contributed by atoms with Gasteiger partial charge in [-0.05, 0) is 12.5 Å². The molecule has 0 fully saturated rings. The van der Waals surface area contributed by atoms with E-state index in [1.807, 2.05) is 31.2 Å². The third kappa shape index (κ3) is 4.05. The van der Waals surface area contributed by atoms with E-state index in [1.54, 1.807) is 0 Å². The molecule has 1 rings (SSSR count). The van der Waals surface area contributed by atoms with Crippen LogP contribution in [0.4, 0.5) is 0 Å². The zero-order valence-corrected chi connectivity index (χ0v) is 8.56. The average Bonchev–Trinajstić information content (AvgIpc) is 2.02. The molecule has 0 saturated carbocycles. The Labute approximate surface area is 80.3 Å². The molecule has 1 aromatic carbocycles. The quantitative estimate of drug-likeness (QED) is 0.801. The Bertz CT molecular complexity index is 372. The van der Waals surface area contributed by atoms with Crippen molar-refractivity contribution in [2.45, 2.75) is 13.5 Å². The topological polar surface area (TPSA) is 46.2 Å². The summed E-state index contributed by atoms with van der Waals surface area (Å²) < 4.78 is 24.0. The van der Waals surface area contributed by atoms with Crippen molar-refractivity contribution in [2.75, 3.05) is 6.26 Å². The maximum atomic E-state index is 10.8. The summed E-state index contributed by atoms with van der Waals surface area (Å²) in [5, 5.41) is 0. The zero-order chi connectivity index (χ0) is 9.90. The standard InChI is InChI=1S/C9H13NO2S.H2/c1-8-3-5-9(6-4-8)7-10-13(2,11)12;/h3-6,10H,7H2,1-2H3;1H. The SMILES string of the molecule is Cc1ccc(CNS(C)(=O)=O)cc1.[HH]. The first-order valence-electron chi connectivity index (χ1n) is 3.97. The second-order valence-corrected chi connectivity index (χ2v) is 4.91. The minimum atomic E-state index is -3.08. The van der Waals surface area contributed by atoms with E-state index >= 15 is 0 Å². The Hall–Kier alpha value is -0.870. The van der Waals surface area contributed by atoms with E-state index in [9.17, 15) is 8.42 Å². The Morgan fingerprint density at radius 3 is 2.31 bits per heavy atom. The summed E-state index contributed by atoms with van der Waals surface area (Å²) >= 11 is 0. The van der Waals surface area contributed by atoms with Gasteiger partial charge in [0.15, 0.2) is 0 Å². The van der Waals surface area contributed by atoms with Gasteiger partial charge in [0.1, 0.15) is 0 Å². The summed E-state index contributed by atoms with van der Waals surface area (Å²) in [5.41, 5.74) is 2.14. The molecule has 0 aliphatic heterocycles. The van der Waals surface area contributed by atoms with Crippen LogP contribution in [0.1, 0.15) is 12.6 Å². The van der Waals surface area contributed by atoms with Crippen LogP contribution in [0, 0.1) is 6.92 Å². The summed E-state index contributed by atoms with van der Waals surface area (Å²) in [4.78, 5) is 0. The van der Waals surface area contributed by atoms with Crippen LogP contribution in [-0.2, 0) is 16.6 Å². The van der Waals surface area contributed by atoms with Crippen molar-refractivity contribution in [3.8, 4) is 0 Å². The second kappa shape index (κ2) is 3.89. The molecule has 0 heterocycles. The predicted molar refractivity (Wildman–Crippen MR) is 55.0 cm³/mol. The first-order chi connectivity index (χ1) is 5.97. The van der Waals surface area contributed by atoms with Crippen molar-refractivity contribution in [3.05, 3.63) is 35.4 Å². The third-order valence-corrected chi connectivity index (χ3v) is 2.33. The van der Waals surface area contributed by atoms with Gasteiger partial charge < -0.3 is 0 Å². The molecule has 74 valence electrons. The highest BCUT2D eigenvalue weighted by Gasteiger charge is 1.99. The van der Waals surface area contributed by atoms with Gasteiger partial charge in [-0.25, -0.2) is 13.1 Å². The van der Waals surface area contributed by atoms with Crippen LogP contribution in [0.25, 0.3) is 0 Å². The lowest BCUT2D eigenvalue weighted by Crippen LogP contribution is -2.21. The number of nitrogens with one attached hydrogen (secondary N) is 1. The van der Waals surface area contributed by atoms with Crippen molar-refractivity contribution in [2.24, 2.45) is 0 Å². The molecule has 0 aliphatic rings. The molecule has 1 aromatic rings. The van der Waals surface area contributed by atoms with E-state index < -0.39 is 10.0 Å². The van der Waals surface area contributed by atoms with Gasteiger partial charge in [0.2, 0.25) is 10.0 Å². The monoisotopic (exact) mass is 201 g/mol. The van der Waals surface area contributed by atoms with Gasteiger partial charge in [-0.15, -0.1) is 0 Å². The molecule has 0 spiro atoms. The highest BCUT2D eigenvalue weighted by atomic mass is 32.2. The van der Waals surface area contributed by atoms with Crippen molar-refractivity contribution in [1.29, 1.82) is 0 Å². The lowest BCUT2D eigenvalue weighted by atomic mass is 10.2. The van der Waals surface area contributed by atoms with E-state index in [0.717, 1.165) is 11.8 Å². The van der Waals surface area contributed by atoms with Crippen LogP contribution < -0.4 is 4.72 Å². The van der Waals surface area contributed by atoms with Crippen molar-refractivity contribution < 1.29 is 9.84 Å². The van der Waals surface area contributed by atoms with Crippen LogP contribution in [0.2, 0.25) is 0 Å². The molecule has 0 amide bonds. The molecule has 3 nitrogen and oxygen atoms in total. The highest BCUT2D eigenvalue weighted by molar-refractivity contribution is 7.88. The van der Waals surface area contributed by atoms with Gasteiger partial charge in [0.05, 0.1) is 6.26 Å². The van der Waals surface area contributed by atoms with Crippen LogP contribution in [0.3, 0.4) is 0 Å². The minimum absolute atomic E-state index is 0. The van der Waals surface area contributed by atoms with Gasteiger partial charge >= 0.3 is 0 Å². The highest BCUT2D eigenvalue weighted by Crippen LogP contribution is 2.02. The fourth-order valence-corrected chi connectivity index (χ4v) is 1.35. The number of sulfonamides is 1. The molecule has 0 bridgehead atoms. The van der Waals surface area contributed by atoms with Crippen LogP contribution in [-0.4, -0.2) is 14.7 Å². The fraction of sp³-hybridized carbons (Fsp3) is 0.333. The molecular weight excluding hydrogens is 186 g/mol. The first-order valence-corrected chi connectivity index (χ1v) is 5.87. The fourth-order valence-electron chi connectivity index (χ4n) is 0.920. The summed E-state index contributed by atoms with van der Waals surface area (Å²) in [6.07, 6.45) is 1.15. The largest absolute Gasteiger partial charge is 0.213 e. The number of aryl methyl sites for hydroxylation is 1. The Balaban J connectivity index is 0.00000169. The van der Waals surface area contributed by atoms with Crippen LogP contribution in [0.5, 0.6) is 0 Å². The number of rotatable bonds is 3.